The van der Waals surface area contributed by atoms with Gasteiger partial charge in [-0.15, -0.1) is 0 Å². The monoisotopic (exact) mass is 206 g/mol. The van der Waals surface area contributed by atoms with Crippen LogP contribution in [-0.2, 0) is 0 Å². The highest BCUT2D eigenvalue weighted by molar-refractivity contribution is 5.30. The zero-order valence-corrected chi connectivity index (χ0v) is 9.08. The Kier molecular flexibility index (Phi) is 3.80. The van der Waals surface area contributed by atoms with Crippen molar-refractivity contribution in [3.05, 3.63) is 72.9 Å². The molecule has 2 aliphatic carbocycles. The maximum Gasteiger partial charge on any atom is 0.0142 e. The van der Waals surface area contributed by atoms with Crippen LogP contribution < -0.4 is 0 Å². The average Bonchev–Trinajstić information content (AvgIpc) is 2.96. The van der Waals surface area contributed by atoms with Crippen molar-refractivity contribution in [3.63, 3.8) is 0 Å². The predicted molar refractivity (Wildman–Crippen MR) is 69.6 cm³/mol. The molecule has 2 aliphatic rings. The maximum atomic E-state index is 3.00. The third-order valence-corrected chi connectivity index (χ3v) is 2.44. The molecule has 0 radical (unpaired) electrons. The molecule has 0 saturated heterocycles. The van der Waals surface area contributed by atoms with Crippen LogP contribution in [-0.4, -0.2) is 0 Å². The van der Waals surface area contributed by atoms with E-state index in [1.807, 2.05) is 12.2 Å². The normalized spacial score (nSPS) is 19.2. The minimum atomic E-state index is 0.430. The Balaban J connectivity index is 1.77. The van der Waals surface area contributed by atoms with Crippen molar-refractivity contribution in [2.24, 2.45) is 11.8 Å². The number of hydrogen-bond acceptors (Lipinski definition) is 0. The lowest BCUT2D eigenvalue weighted by molar-refractivity contribution is 1.09. The summed E-state index contributed by atoms with van der Waals surface area (Å²) in [4.78, 5) is 0. The van der Waals surface area contributed by atoms with Crippen molar-refractivity contribution in [2.45, 2.75) is 0 Å². The zero-order chi connectivity index (χ0) is 11.1. The van der Waals surface area contributed by atoms with E-state index in [0.29, 0.717) is 11.8 Å². The van der Waals surface area contributed by atoms with E-state index >= 15 is 0 Å². The summed E-state index contributed by atoms with van der Waals surface area (Å²) < 4.78 is 0. The summed E-state index contributed by atoms with van der Waals surface area (Å²) in [6.45, 7) is 0. The van der Waals surface area contributed by atoms with E-state index in [9.17, 15) is 0 Å². The summed E-state index contributed by atoms with van der Waals surface area (Å²) in [6, 6.07) is 0. The topological polar surface area (TPSA) is 0 Å². The smallest absolute Gasteiger partial charge is 0.0142 e. The molecule has 16 heavy (non-hydrogen) atoms. The van der Waals surface area contributed by atoms with Gasteiger partial charge in [0.1, 0.15) is 0 Å². The summed E-state index contributed by atoms with van der Waals surface area (Å²) in [5, 5.41) is 0. The fraction of sp³-hybridized carbons (Fsp3) is 0.125. The number of allylic oxidation sites excluding steroid dienone is 12. The Morgan fingerprint density at radius 1 is 0.625 bits per heavy atom. The molecular weight excluding hydrogens is 192 g/mol. The average molecular weight is 206 g/mol. The lowest BCUT2D eigenvalue weighted by atomic mass is 10.1. The predicted octanol–water partition coefficient (Wildman–Crippen LogP) is 3.59. The molecule has 0 saturated carbocycles. The van der Waals surface area contributed by atoms with Crippen LogP contribution in [0.3, 0.4) is 0 Å². The van der Waals surface area contributed by atoms with Gasteiger partial charge in [-0.2, -0.15) is 0 Å². The molecule has 0 aromatic rings. The number of rotatable bonds is 2. The Bertz CT molecular complexity index is 390. The van der Waals surface area contributed by atoms with Crippen molar-refractivity contribution in [2.75, 3.05) is 0 Å². The van der Waals surface area contributed by atoms with Crippen LogP contribution in [0.1, 0.15) is 0 Å². The van der Waals surface area contributed by atoms with Gasteiger partial charge in [-0.3, -0.25) is 0 Å². The Morgan fingerprint density at radius 2 is 1.00 bits per heavy atom. The van der Waals surface area contributed by atoms with Crippen LogP contribution in [0.4, 0.5) is 0 Å². The van der Waals surface area contributed by atoms with Crippen molar-refractivity contribution >= 4 is 0 Å². The third-order valence-electron chi connectivity index (χ3n) is 2.44. The molecule has 0 bridgehead atoms. The van der Waals surface area contributed by atoms with E-state index in [4.69, 9.17) is 0 Å². The molecule has 0 heteroatoms. The highest BCUT2D eigenvalue weighted by Crippen LogP contribution is 2.10. The maximum absolute atomic E-state index is 3.00. The van der Waals surface area contributed by atoms with E-state index in [1.165, 1.54) is 0 Å². The van der Waals surface area contributed by atoms with Crippen molar-refractivity contribution in [3.8, 4) is 11.8 Å². The Morgan fingerprint density at radius 3 is 1.38 bits per heavy atom. The molecule has 0 fully saturated rings. The molecule has 78 valence electrons. The van der Waals surface area contributed by atoms with E-state index < -0.39 is 0 Å². The highest BCUT2D eigenvalue weighted by atomic mass is 14.0. The van der Waals surface area contributed by atoms with Gasteiger partial charge >= 0.3 is 0 Å². The fourth-order valence-corrected chi connectivity index (χ4v) is 1.57. The number of hydrogen-bond donors (Lipinski definition) is 0. The second-order valence-corrected chi connectivity index (χ2v) is 3.70. The summed E-state index contributed by atoms with van der Waals surface area (Å²) in [5.74, 6) is 6.87. The molecular formula is C16H14. The van der Waals surface area contributed by atoms with E-state index in [2.05, 4.69) is 72.6 Å². The molecule has 0 nitrogen and oxygen atoms in total. The minimum Gasteiger partial charge on any atom is -0.0738 e. The van der Waals surface area contributed by atoms with Gasteiger partial charge in [0.05, 0.1) is 0 Å². The second kappa shape index (κ2) is 5.78. The van der Waals surface area contributed by atoms with Crippen molar-refractivity contribution in [1.29, 1.82) is 0 Å². The van der Waals surface area contributed by atoms with E-state index in [1.54, 1.807) is 0 Å². The molecule has 0 aromatic carbocycles. The van der Waals surface area contributed by atoms with Crippen molar-refractivity contribution in [1.82, 2.24) is 0 Å². The summed E-state index contributed by atoms with van der Waals surface area (Å²) in [5.41, 5.74) is 0. The van der Waals surface area contributed by atoms with Crippen LogP contribution in [0.2, 0.25) is 0 Å². The van der Waals surface area contributed by atoms with E-state index in [-0.39, 0.29) is 0 Å². The van der Waals surface area contributed by atoms with Crippen molar-refractivity contribution < 1.29 is 0 Å². The summed E-state index contributed by atoms with van der Waals surface area (Å²) in [6.07, 6.45) is 24.8. The van der Waals surface area contributed by atoms with Gasteiger partial charge in [-0.1, -0.05) is 72.6 Å². The molecule has 0 aromatic heterocycles. The largest absolute Gasteiger partial charge is 0.0738 e. The first-order valence-corrected chi connectivity index (χ1v) is 5.49. The molecule has 0 N–H and O–H groups in total. The highest BCUT2D eigenvalue weighted by Gasteiger charge is 1.96. The first kappa shape index (κ1) is 10.5. The molecule has 0 aliphatic heterocycles. The first-order chi connectivity index (χ1) is 7.95. The lowest BCUT2D eigenvalue weighted by Crippen LogP contribution is -1.79. The standard InChI is InChI=1S/C16H14/c1(3-9-15-11-5-6-12-15)2-4-10-16-13-7-8-14-16/h3-16H/b9-3+,10-4+. The van der Waals surface area contributed by atoms with Gasteiger partial charge in [-0.25, -0.2) is 0 Å². The molecule has 0 spiro atoms. The zero-order valence-electron chi connectivity index (χ0n) is 9.08. The lowest BCUT2D eigenvalue weighted by Gasteiger charge is -1.91. The van der Waals surface area contributed by atoms with E-state index in [0.717, 1.165) is 0 Å². The second-order valence-electron chi connectivity index (χ2n) is 3.70. The SMILES string of the molecule is C(#C/C=C/C1C=CC=C1)/C=C/C1C=CC=C1. The summed E-state index contributed by atoms with van der Waals surface area (Å²) in [7, 11) is 0. The first-order valence-electron chi connectivity index (χ1n) is 5.49. The fourth-order valence-electron chi connectivity index (χ4n) is 1.57. The molecule has 0 unspecified atom stereocenters. The Hall–Kier alpha value is -2.00. The Labute approximate surface area is 97.1 Å². The van der Waals surface area contributed by atoms with Gasteiger partial charge < -0.3 is 0 Å². The van der Waals surface area contributed by atoms with Gasteiger partial charge in [0.15, 0.2) is 0 Å². The minimum absolute atomic E-state index is 0.430. The van der Waals surface area contributed by atoms with Crippen LogP contribution >= 0.6 is 0 Å². The van der Waals surface area contributed by atoms with Gasteiger partial charge in [-0.05, 0) is 12.2 Å². The molecule has 0 amide bonds. The van der Waals surface area contributed by atoms with Gasteiger partial charge in [0.25, 0.3) is 0 Å². The van der Waals surface area contributed by atoms with Crippen LogP contribution in [0.5, 0.6) is 0 Å². The van der Waals surface area contributed by atoms with Crippen LogP contribution in [0, 0.1) is 23.7 Å². The van der Waals surface area contributed by atoms with Crippen LogP contribution in [0.15, 0.2) is 72.9 Å². The quantitative estimate of drug-likeness (QED) is 0.606. The molecule has 2 rings (SSSR count). The van der Waals surface area contributed by atoms with Gasteiger partial charge in [0, 0.05) is 11.8 Å². The van der Waals surface area contributed by atoms with Gasteiger partial charge in [0.2, 0.25) is 0 Å². The van der Waals surface area contributed by atoms with Crippen LogP contribution in [0.25, 0.3) is 0 Å². The molecule has 0 heterocycles. The third kappa shape index (κ3) is 3.29. The molecule has 0 atom stereocenters. The summed E-state index contributed by atoms with van der Waals surface area (Å²) >= 11 is 0.